The van der Waals surface area contributed by atoms with Gasteiger partial charge in [0.1, 0.15) is 0 Å². The van der Waals surface area contributed by atoms with Crippen molar-refractivity contribution in [1.82, 2.24) is 0 Å². The average molecular weight is 213 g/mol. The number of aliphatic hydroxyl groups excluding tert-OH is 1. The lowest BCUT2D eigenvalue weighted by atomic mass is 10.0. The normalized spacial score (nSPS) is 10.3. The Balaban J connectivity index is 2.40. The zero-order valence-electron chi connectivity index (χ0n) is 9.06. The minimum Gasteiger partial charge on any atom is -0.398 e. The molecular weight excluding hydrogens is 198 g/mol. The molecule has 82 valence electrons. The van der Waals surface area contributed by atoms with E-state index in [1.165, 1.54) is 0 Å². The molecule has 0 saturated heterocycles. The lowest BCUT2D eigenvalue weighted by molar-refractivity contribution is 0.299. The molecule has 0 heterocycles. The fourth-order valence-corrected chi connectivity index (χ4v) is 1.78. The number of rotatable bonds is 3. The molecule has 0 aliphatic heterocycles. The molecular formula is C14H15NO. The van der Waals surface area contributed by atoms with Crippen LogP contribution < -0.4 is 5.73 Å². The molecule has 16 heavy (non-hydrogen) atoms. The summed E-state index contributed by atoms with van der Waals surface area (Å²) >= 11 is 0. The summed E-state index contributed by atoms with van der Waals surface area (Å²) in [7, 11) is 0. The predicted octanol–water partition coefficient (Wildman–Crippen LogP) is 2.47. The largest absolute Gasteiger partial charge is 0.398 e. The Morgan fingerprint density at radius 2 is 1.81 bits per heavy atom. The third-order valence-corrected chi connectivity index (χ3v) is 2.60. The van der Waals surface area contributed by atoms with E-state index in [0.29, 0.717) is 6.42 Å². The van der Waals surface area contributed by atoms with Crippen molar-refractivity contribution in [1.29, 1.82) is 0 Å². The van der Waals surface area contributed by atoms with Gasteiger partial charge in [0.2, 0.25) is 0 Å². The number of hydrogen-bond acceptors (Lipinski definition) is 2. The van der Waals surface area contributed by atoms with Crippen molar-refractivity contribution in [3.05, 3.63) is 54.1 Å². The highest BCUT2D eigenvalue weighted by atomic mass is 16.2. The van der Waals surface area contributed by atoms with Crippen molar-refractivity contribution in [2.45, 2.75) is 6.42 Å². The van der Waals surface area contributed by atoms with E-state index in [1.807, 2.05) is 42.5 Å². The first kappa shape index (κ1) is 10.7. The summed E-state index contributed by atoms with van der Waals surface area (Å²) in [4.78, 5) is 0. The Bertz CT molecular complexity index is 480. The molecule has 0 amide bonds. The molecule has 3 N–H and O–H groups in total. The van der Waals surface area contributed by atoms with Gasteiger partial charge in [-0.15, -0.1) is 0 Å². The smallest absolute Gasteiger partial charge is 0.0471 e. The maximum atomic E-state index is 8.91. The van der Waals surface area contributed by atoms with Gasteiger partial charge in [-0.3, -0.25) is 0 Å². The van der Waals surface area contributed by atoms with Crippen LogP contribution in [0.15, 0.2) is 48.5 Å². The average Bonchev–Trinajstić information content (AvgIpc) is 2.30. The summed E-state index contributed by atoms with van der Waals surface area (Å²) in [5.41, 5.74) is 9.98. The molecule has 0 radical (unpaired) electrons. The maximum Gasteiger partial charge on any atom is 0.0471 e. The molecule has 0 atom stereocenters. The van der Waals surface area contributed by atoms with Gasteiger partial charge in [-0.25, -0.2) is 0 Å². The van der Waals surface area contributed by atoms with Gasteiger partial charge in [-0.1, -0.05) is 42.5 Å². The van der Waals surface area contributed by atoms with Gasteiger partial charge in [0.25, 0.3) is 0 Å². The minimum absolute atomic E-state index is 0.174. The van der Waals surface area contributed by atoms with Crippen LogP contribution in [0.5, 0.6) is 0 Å². The Labute approximate surface area is 95.4 Å². The highest BCUT2D eigenvalue weighted by molar-refractivity contribution is 5.76. The quantitative estimate of drug-likeness (QED) is 0.769. The lowest BCUT2D eigenvalue weighted by Crippen LogP contribution is -1.92. The molecule has 2 rings (SSSR count). The summed E-state index contributed by atoms with van der Waals surface area (Å²) in [6.07, 6.45) is 0.681. The van der Waals surface area contributed by atoms with Crippen LogP contribution in [0.2, 0.25) is 0 Å². The van der Waals surface area contributed by atoms with Crippen LogP contribution >= 0.6 is 0 Å². The number of anilines is 1. The number of hydrogen-bond donors (Lipinski definition) is 2. The van der Waals surface area contributed by atoms with Gasteiger partial charge < -0.3 is 10.8 Å². The first-order valence-corrected chi connectivity index (χ1v) is 5.36. The number of benzene rings is 2. The van der Waals surface area contributed by atoms with Gasteiger partial charge in [0, 0.05) is 17.9 Å². The zero-order chi connectivity index (χ0) is 11.4. The summed E-state index contributed by atoms with van der Waals surface area (Å²) < 4.78 is 0. The standard InChI is InChI=1S/C14H15NO/c15-14-7-2-1-6-13(14)12-5-3-4-11(10-12)8-9-16/h1-7,10,16H,8-9,15H2. The van der Waals surface area contributed by atoms with Crippen LogP contribution in [0.3, 0.4) is 0 Å². The van der Waals surface area contributed by atoms with Gasteiger partial charge in [-0.2, -0.15) is 0 Å². The van der Waals surface area contributed by atoms with E-state index < -0.39 is 0 Å². The fourth-order valence-electron chi connectivity index (χ4n) is 1.78. The van der Waals surface area contributed by atoms with E-state index in [0.717, 1.165) is 22.4 Å². The van der Waals surface area contributed by atoms with Gasteiger partial charge in [-0.05, 0) is 23.6 Å². The number of aliphatic hydroxyl groups is 1. The van der Waals surface area contributed by atoms with E-state index in [-0.39, 0.29) is 6.61 Å². The minimum atomic E-state index is 0.174. The van der Waals surface area contributed by atoms with Crippen LogP contribution in [0.4, 0.5) is 5.69 Å². The molecule has 2 heteroatoms. The first-order valence-electron chi connectivity index (χ1n) is 5.36. The Hall–Kier alpha value is -1.80. The highest BCUT2D eigenvalue weighted by Crippen LogP contribution is 2.26. The fraction of sp³-hybridized carbons (Fsp3) is 0.143. The third-order valence-electron chi connectivity index (χ3n) is 2.60. The second kappa shape index (κ2) is 4.81. The first-order chi connectivity index (χ1) is 7.81. The third kappa shape index (κ3) is 2.23. The Morgan fingerprint density at radius 1 is 1.00 bits per heavy atom. The predicted molar refractivity (Wildman–Crippen MR) is 67.1 cm³/mol. The molecule has 2 aromatic rings. The molecule has 0 aliphatic rings. The Kier molecular flexibility index (Phi) is 3.22. The summed E-state index contributed by atoms with van der Waals surface area (Å²) in [5.74, 6) is 0. The van der Waals surface area contributed by atoms with Crippen LogP contribution in [-0.2, 0) is 6.42 Å². The molecule has 0 saturated carbocycles. The van der Waals surface area contributed by atoms with Crippen molar-refractivity contribution >= 4 is 5.69 Å². The SMILES string of the molecule is Nc1ccccc1-c1cccc(CCO)c1. The molecule has 2 nitrogen and oxygen atoms in total. The number of nitrogens with two attached hydrogens (primary N) is 1. The molecule has 0 fully saturated rings. The van der Waals surface area contributed by atoms with E-state index in [2.05, 4.69) is 6.07 Å². The molecule has 0 spiro atoms. The highest BCUT2D eigenvalue weighted by Gasteiger charge is 2.02. The van der Waals surface area contributed by atoms with Crippen molar-refractivity contribution < 1.29 is 5.11 Å². The maximum absolute atomic E-state index is 8.91. The van der Waals surface area contributed by atoms with Crippen LogP contribution in [0, 0.1) is 0 Å². The topological polar surface area (TPSA) is 46.2 Å². The second-order valence-corrected chi connectivity index (χ2v) is 3.76. The van der Waals surface area contributed by atoms with Crippen LogP contribution in [-0.4, -0.2) is 11.7 Å². The van der Waals surface area contributed by atoms with Crippen molar-refractivity contribution in [2.75, 3.05) is 12.3 Å². The molecule has 0 unspecified atom stereocenters. The number of para-hydroxylation sites is 1. The summed E-state index contributed by atoms with van der Waals surface area (Å²) in [6, 6.07) is 15.9. The Morgan fingerprint density at radius 3 is 2.56 bits per heavy atom. The van der Waals surface area contributed by atoms with Gasteiger partial charge in [0.05, 0.1) is 0 Å². The second-order valence-electron chi connectivity index (χ2n) is 3.76. The monoisotopic (exact) mass is 213 g/mol. The summed E-state index contributed by atoms with van der Waals surface area (Å²) in [6.45, 7) is 0.174. The molecule has 0 aliphatic carbocycles. The van der Waals surface area contributed by atoms with Crippen molar-refractivity contribution in [2.24, 2.45) is 0 Å². The van der Waals surface area contributed by atoms with Gasteiger partial charge in [0.15, 0.2) is 0 Å². The van der Waals surface area contributed by atoms with E-state index in [9.17, 15) is 0 Å². The number of nitrogen functional groups attached to an aromatic ring is 1. The zero-order valence-corrected chi connectivity index (χ0v) is 9.06. The van der Waals surface area contributed by atoms with E-state index >= 15 is 0 Å². The van der Waals surface area contributed by atoms with Gasteiger partial charge >= 0.3 is 0 Å². The van der Waals surface area contributed by atoms with Crippen molar-refractivity contribution in [3.63, 3.8) is 0 Å². The van der Waals surface area contributed by atoms with Crippen LogP contribution in [0.1, 0.15) is 5.56 Å². The van der Waals surface area contributed by atoms with E-state index in [1.54, 1.807) is 0 Å². The molecule has 0 bridgehead atoms. The van der Waals surface area contributed by atoms with Crippen molar-refractivity contribution in [3.8, 4) is 11.1 Å². The summed E-state index contributed by atoms with van der Waals surface area (Å²) in [5, 5.41) is 8.91. The lowest BCUT2D eigenvalue weighted by Gasteiger charge is -2.07. The molecule has 2 aromatic carbocycles. The molecule has 0 aromatic heterocycles. The van der Waals surface area contributed by atoms with E-state index in [4.69, 9.17) is 10.8 Å². The van der Waals surface area contributed by atoms with Crippen LogP contribution in [0.25, 0.3) is 11.1 Å².